The Morgan fingerprint density at radius 2 is 1.00 bits per heavy atom. The lowest BCUT2D eigenvalue weighted by molar-refractivity contribution is -0.254. The zero-order valence-corrected chi connectivity index (χ0v) is 29.5. The lowest BCUT2D eigenvalue weighted by Crippen LogP contribution is -2.47. The third kappa shape index (κ3) is 10.2. The molecule has 6 fully saturated rings. The first-order valence-electron chi connectivity index (χ1n) is 20.3. The molecule has 4 N–H and O–H groups in total. The van der Waals surface area contributed by atoms with Crippen LogP contribution in [-0.4, -0.2) is 71.4 Å². The quantitative estimate of drug-likeness (QED) is 0.125. The van der Waals surface area contributed by atoms with Crippen molar-refractivity contribution in [3.63, 3.8) is 0 Å². The summed E-state index contributed by atoms with van der Waals surface area (Å²) in [6, 6.07) is 1.21. The van der Waals surface area contributed by atoms with Crippen LogP contribution in [-0.2, 0) is 24.0 Å². The molecule has 6 aliphatic carbocycles. The summed E-state index contributed by atoms with van der Waals surface area (Å²) in [6.07, 6.45) is 28.2. The van der Waals surface area contributed by atoms with E-state index in [1.807, 2.05) is 0 Å². The third-order valence-electron chi connectivity index (χ3n) is 13.6. The van der Waals surface area contributed by atoms with Crippen LogP contribution in [0.5, 0.6) is 0 Å². The maximum absolute atomic E-state index is 12.9. The van der Waals surface area contributed by atoms with Crippen LogP contribution in [0.15, 0.2) is 0 Å². The molecule has 9 heteroatoms. The monoisotopic (exact) mass is 674 g/mol. The maximum Gasteiger partial charge on any atom is 0.307 e. The van der Waals surface area contributed by atoms with E-state index < -0.39 is 11.9 Å². The van der Waals surface area contributed by atoms with Crippen molar-refractivity contribution in [2.75, 3.05) is 6.61 Å². The van der Waals surface area contributed by atoms with Gasteiger partial charge in [-0.1, -0.05) is 25.7 Å². The van der Waals surface area contributed by atoms with Gasteiger partial charge in [0, 0.05) is 24.0 Å². The first kappa shape index (κ1) is 36.5. The number of ether oxygens (including phenoxy) is 2. The minimum Gasteiger partial charge on any atom is -0.481 e. The molecule has 6 saturated carbocycles. The molecule has 48 heavy (non-hydrogen) atoms. The lowest BCUT2D eigenvalue weighted by atomic mass is 9.72. The second-order valence-electron chi connectivity index (χ2n) is 16.8. The normalized spacial score (nSPS) is 41.4. The molecule has 0 spiro atoms. The smallest absolute Gasteiger partial charge is 0.307 e. The van der Waals surface area contributed by atoms with Crippen LogP contribution in [0.4, 0.5) is 0 Å². The van der Waals surface area contributed by atoms with E-state index in [-0.39, 0.29) is 17.9 Å². The van der Waals surface area contributed by atoms with Crippen molar-refractivity contribution in [2.45, 2.75) is 197 Å². The summed E-state index contributed by atoms with van der Waals surface area (Å²) in [5, 5.41) is 25.7. The van der Waals surface area contributed by atoms with E-state index in [1.54, 1.807) is 0 Å². The number of nitrogens with one attached hydrogen (secondary N) is 2. The lowest BCUT2D eigenvalue weighted by Gasteiger charge is -2.41. The molecule has 0 aliphatic heterocycles. The van der Waals surface area contributed by atoms with Gasteiger partial charge >= 0.3 is 5.97 Å². The highest BCUT2D eigenvalue weighted by Gasteiger charge is 2.38. The second kappa shape index (κ2) is 18.3. The first-order chi connectivity index (χ1) is 23.4. The van der Waals surface area contributed by atoms with Gasteiger partial charge in [-0.25, -0.2) is 4.89 Å². The largest absolute Gasteiger partial charge is 0.481 e. The van der Waals surface area contributed by atoms with Gasteiger partial charge in [-0.3, -0.25) is 14.8 Å². The van der Waals surface area contributed by atoms with Crippen molar-refractivity contribution >= 4 is 11.9 Å². The SMILES string of the molecule is O=C(O)C1CCCCC1C(=O)NC1CCC(OC2CCC(C3CCC(OC4CCC(NC5CCCCC5COO)CC4)CC3)CC2)CC1. The number of aliphatic carboxylic acids is 1. The molecule has 0 radical (unpaired) electrons. The minimum atomic E-state index is -0.818. The van der Waals surface area contributed by atoms with Crippen LogP contribution < -0.4 is 10.6 Å². The Labute approximate surface area is 289 Å². The number of hydrogen-bond donors (Lipinski definition) is 4. The molecular formula is C39H66N2O7. The fraction of sp³-hybridized carbons (Fsp3) is 0.949. The van der Waals surface area contributed by atoms with Crippen LogP contribution in [0.2, 0.25) is 0 Å². The van der Waals surface area contributed by atoms with Gasteiger partial charge in [0.2, 0.25) is 5.91 Å². The predicted octanol–water partition coefficient (Wildman–Crippen LogP) is 7.40. The minimum absolute atomic E-state index is 0.0410. The highest BCUT2D eigenvalue weighted by atomic mass is 17.1. The summed E-state index contributed by atoms with van der Waals surface area (Å²) in [4.78, 5) is 29.1. The van der Waals surface area contributed by atoms with Crippen LogP contribution in [0.3, 0.4) is 0 Å². The number of amides is 1. The van der Waals surface area contributed by atoms with E-state index in [0.29, 0.717) is 61.9 Å². The number of hydrogen-bond acceptors (Lipinski definition) is 7. The molecule has 0 aromatic heterocycles. The molecule has 9 nitrogen and oxygen atoms in total. The van der Waals surface area contributed by atoms with Gasteiger partial charge < -0.3 is 25.2 Å². The second-order valence-corrected chi connectivity index (χ2v) is 16.8. The van der Waals surface area contributed by atoms with Gasteiger partial charge in [-0.15, -0.1) is 0 Å². The van der Waals surface area contributed by atoms with E-state index in [1.165, 1.54) is 96.3 Å². The molecule has 0 bridgehead atoms. The Morgan fingerprint density at radius 1 is 0.542 bits per heavy atom. The van der Waals surface area contributed by atoms with Gasteiger partial charge in [0.05, 0.1) is 42.9 Å². The number of rotatable bonds is 12. The molecule has 0 aromatic carbocycles. The summed E-state index contributed by atoms with van der Waals surface area (Å²) in [6.45, 7) is 0.458. The highest BCUT2D eigenvalue weighted by Crippen LogP contribution is 2.41. The average molecular weight is 675 g/mol. The zero-order chi connectivity index (χ0) is 33.3. The van der Waals surface area contributed by atoms with E-state index >= 15 is 0 Å². The number of carbonyl (C=O) groups excluding carboxylic acids is 1. The average Bonchev–Trinajstić information content (AvgIpc) is 3.11. The van der Waals surface area contributed by atoms with E-state index in [2.05, 4.69) is 15.5 Å². The molecule has 0 aromatic rings. The molecule has 1 amide bonds. The molecule has 0 saturated heterocycles. The van der Waals surface area contributed by atoms with Crippen LogP contribution in [0, 0.1) is 29.6 Å². The molecule has 4 atom stereocenters. The van der Waals surface area contributed by atoms with Crippen molar-refractivity contribution in [2.24, 2.45) is 29.6 Å². The Balaban J connectivity index is 0.818. The summed E-state index contributed by atoms with van der Waals surface area (Å²) in [5.74, 6) is 0.374. The van der Waals surface area contributed by atoms with Gasteiger partial charge in [-0.2, -0.15) is 0 Å². The Hall–Kier alpha value is -1.26. The van der Waals surface area contributed by atoms with Crippen molar-refractivity contribution in [1.82, 2.24) is 10.6 Å². The molecule has 6 rings (SSSR count). The van der Waals surface area contributed by atoms with Gasteiger partial charge in [0.1, 0.15) is 0 Å². The molecular weight excluding hydrogens is 608 g/mol. The third-order valence-corrected chi connectivity index (χ3v) is 13.6. The highest BCUT2D eigenvalue weighted by molar-refractivity contribution is 5.85. The van der Waals surface area contributed by atoms with E-state index in [4.69, 9.17) is 14.7 Å². The first-order valence-corrected chi connectivity index (χ1v) is 20.3. The Kier molecular flexibility index (Phi) is 13.9. The van der Waals surface area contributed by atoms with Crippen molar-refractivity contribution in [3.05, 3.63) is 0 Å². The molecule has 0 heterocycles. The standard InChI is InChI=1S/C39H66N2O7/c42-38(35-6-2-3-7-36(35)39(43)44)41-30-15-23-34(24-16-30)48-32-19-11-27(12-20-32)26-9-17-31(18-10-26)47-33-21-13-29(14-22-33)40-37-8-4-1-5-28(37)25-46-45/h26-37,40,45H,1-25H2,(H,41,42)(H,43,44). The summed E-state index contributed by atoms with van der Waals surface area (Å²) in [5.41, 5.74) is 0. The summed E-state index contributed by atoms with van der Waals surface area (Å²) in [7, 11) is 0. The topological polar surface area (TPSA) is 126 Å². The van der Waals surface area contributed by atoms with Crippen LogP contribution >= 0.6 is 0 Å². The molecule has 274 valence electrons. The van der Waals surface area contributed by atoms with E-state index in [0.717, 1.165) is 56.8 Å². The maximum atomic E-state index is 12.9. The summed E-state index contributed by atoms with van der Waals surface area (Å²) >= 11 is 0. The van der Waals surface area contributed by atoms with Gasteiger partial charge in [0.25, 0.3) is 0 Å². The van der Waals surface area contributed by atoms with E-state index in [9.17, 15) is 14.7 Å². The molecule has 6 aliphatic rings. The number of carboxylic acids is 1. The van der Waals surface area contributed by atoms with Crippen molar-refractivity contribution in [3.8, 4) is 0 Å². The van der Waals surface area contributed by atoms with Gasteiger partial charge in [-0.05, 0) is 140 Å². The van der Waals surface area contributed by atoms with Crippen molar-refractivity contribution < 1.29 is 34.3 Å². The van der Waals surface area contributed by atoms with Crippen LogP contribution in [0.25, 0.3) is 0 Å². The fourth-order valence-corrected chi connectivity index (χ4v) is 10.7. The molecule has 4 unspecified atom stereocenters. The van der Waals surface area contributed by atoms with Gasteiger partial charge in [0.15, 0.2) is 0 Å². The predicted molar refractivity (Wildman–Crippen MR) is 184 cm³/mol. The Morgan fingerprint density at radius 3 is 1.52 bits per heavy atom. The number of carboxylic acid groups (broad SMARTS) is 1. The zero-order valence-electron chi connectivity index (χ0n) is 29.5. The Bertz CT molecular complexity index is 979. The summed E-state index contributed by atoms with van der Waals surface area (Å²) < 4.78 is 13.3. The number of carbonyl (C=O) groups is 2. The fourth-order valence-electron chi connectivity index (χ4n) is 10.7. The van der Waals surface area contributed by atoms with Crippen molar-refractivity contribution in [1.29, 1.82) is 0 Å². The van der Waals surface area contributed by atoms with Crippen LogP contribution in [0.1, 0.15) is 154 Å².